The molecule has 5 rings (SSSR count). The Morgan fingerprint density at radius 3 is 2.38 bits per heavy atom. The minimum Gasteiger partial charge on any atom is -0.462 e. The maximum atomic E-state index is 15.5. The number of benzene rings is 3. The Morgan fingerprint density at radius 1 is 0.974 bits per heavy atom. The number of esters is 1. The zero-order valence-electron chi connectivity index (χ0n) is 20.8. The number of halogens is 3. The largest absolute Gasteiger partial charge is 0.462 e. The van der Waals surface area contributed by atoms with Gasteiger partial charge in [0.15, 0.2) is 0 Å². The van der Waals surface area contributed by atoms with Crippen molar-refractivity contribution in [2.45, 2.75) is 31.9 Å². The van der Waals surface area contributed by atoms with Crippen LogP contribution in [0.15, 0.2) is 71.7 Å². The number of carbonyl (C=O) groups excluding carboxylic acids is 2. The van der Waals surface area contributed by atoms with E-state index in [9.17, 15) is 23.2 Å². The van der Waals surface area contributed by atoms with Gasteiger partial charge in [0.05, 0.1) is 23.3 Å². The number of hydrogen-bond donors (Lipinski definition) is 1. The van der Waals surface area contributed by atoms with E-state index in [1.165, 1.54) is 10.6 Å². The number of aromatic nitrogens is 1. The van der Waals surface area contributed by atoms with Crippen LogP contribution < -0.4 is 10.7 Å². The van der Waals surface area contributed by atoms with Crippen LogP contribution in [0.4, 0.5) is 18.0 Å². The van der Waals surface area contributed by atoms with Crippen molar-refractivity contribution in [1.82, 2.24) is 9.88 Å². The van der Waals surface area contributed by atoms with E-state index in [1.54, 1.807) is 31.2 Å². The highest BCUT2D eigenvalue weighted by molar-refractivity contribution is 5.94. The fourth-order valence-electron chi connectivity index (χ4n) is 4.48. The van der Waals surface area contributed by atoms with Crippen LogP contribution in [0.3, 0.4) is 0 Å². The van der Waals surface area contributed by atoms with E-state index in [4.69, 9.17) is 9.47 Å². The molecule has 1 N–H and O–H groups in total. The van der Waals surface area contributed by atoms with Gasteiger partial charge in [-0.25, -0.2) is 22.8 Å². The van der Waals surface area contributed by atoms with Gasteiger partial charge in [0.2, 0.25) is 5.43 Å². The molecule has 1 saturated carbocycles. The van der Waals surface area contributed by atoms with Crippen molar-refractivity contribution in [3.63, 3.8) is 0 Å². The zero-order chi connectivity index (χ0) is 27.7. The minimum atomic E-state index is -1.10. The minimum absolute atomic E-state index is 0.0168. The lowest BCUT2D eigenvalue weighted by molar-refractivity contribution is 0.0524. The highest BCUT2D eigenvalue weighted by Crippen LogP contribution is 2.47. The summed E-state index contributed by atoms with van der Waals surface area (Å²) in [6, 6.07) is 14.1. The molecule has 0 spiro atoms. The quantitative estimate of drug-likeness (QED) is 0.315. The van der Waals surface area contributed by atoms with E-state index >= 15 is 4.39 Å². The Morgan fingerprint density at radius 2 is 1.72 bits per heavy atom. The number of fused-ring (bicyclic) bond motifs is 1. The van der Waals surface area contributed by atoms with Crippen molar-refractivity contribution in [3.8, 4) is 5.69 Å². The molecule has 3 aromatic carbocycles. The van der Waals surface area contributed by atoms with Crippen LogP contribution in [0, 0.1) is 17.5 Å². The van der Waals surface area contributed by atoms with Gasteiger partial charge in [0.25, 0.3) is 0 Å². The van der Waals surface area contributed by atoms with Crippen molar-refractivity contribution in [2.24, 2.45) is 0 Å². The summed E-state index contributed by atoms with van der Waals surface area (Å²) in [4.78, 5) is 38.2. The highest BCUT2D eigenvalue weighted by atomic mass is 19.1. The SMILES string of the molecule is CCOC(=O)c1cn(-c2ccc(F)cc2F)c2cc(C3(NC(=O)OCc4ccccc4)CC3)c(F)cc2c1=O. The van der Waals surface area contributed by atoms with E-state index < -0.39 is 46.0 Å². The molecule has 0 unspecified atom stereocenters. The number of carbonyl (C=O) groups is 2. The van der Waals surface area contributed by atoms with E-state index in [0.717, 1.165) is 30.0 Å². The third-order valence-corrected chi connectivity index (χ3v) is 6.58. The number of rotatable bonds is 7. The van der Waals surface area contributed by atoms with Crippen molar-refractivity contribution in [3.05, 3.63) is 111 Å². The average molecular weight is 537 g/mol. The number of pyridine rings is 1. The normalized spacial score (nSPS) is 13.6. The number of hydrogen-bond acceptors (Lipinski definition) is 5. The van der Waals surface area contributed by atoms with Gasteiger partial charge in [-0.3, -0.25) is 4.79 Å². The van der Waals surface area contributed by atoms with Crippen LogP contribution in [-0.4, -0.2) is 23.2 Å². The zero-order valence-corrected chi connectivity index (χ0v) is 20.8. The smallest absolute Gasteiger partial charge is 0.408 e. The van der Waals surface area contributed by atoms with Crippen LogP contribution in [-0.2, 0) is 21.6 Å². The number of nitrogens with zero attached hydrogens (tertiary/aromatic N) is 1. The first-order valence-corrected chi connectivity index (χ1v) is 12.2. The summed E-state index contributed by atoms with van der Waals surface area (Å²) in [6.07, 6.45) is 1.12. The molecule has 4 aromatic rings. The molecular formula is C29H23F3N2O5. The molecule has 0 saturated heterocycles. The van der Waals surface area contributed by atoms with Gasteiger partial charge in [0, 0.05) is 23.2 Å². The lowest BCUT2D eigenvalue weighted by Crippen LogP contribution is -2.36. The molecule has 1 aromatic heterocycles. The average Bonchev–Trinajstić information content (AvgIpc) is 3.69. The van der Waals surface area contributed by atoms with Crippen LogP contribution in [0.2, 0.25) is 0 Å². The molecule has 1 heterocycles. The van der Waals surface area contributed by atoms with Crippen LogP contribution in [0.5, 0.6) is 0 Å². The number of ether oxygens (including phenoxy) is 2. The predicted octanol–water partition coefficient (Wildman–Crippen LogP) is 5.50. The Bertz CT molecular complexity index is 1650. The lowest BCUT2D eigenvalue weighted by Gasteiger charge is -2.21. The fraction of sp³-hybridized carbons (Fsp3) is 0.207. The van der Waals surface area contributed by atoms with E-state index in [2.05, 4.69) is 5.32 Å². The van der Waals surface area contributed by atoms with Crippen LogP contribution >= 0.6 is 0 Å². The van der Waals surface area contributed by atoms with Crippen molar-refractivity contribution in [1.29, 1.82) is 0 Å². The molecule has 10 heteroatoms. The van der Waals surface area contributed by atoms with E-state index in [-0.39, 0.29) is 35.4 Å². The first kappa shape index (κ1) is 26.0. The number of alkyl carbamates (subject to hydrolysis) is 1. The van der Waals surface area contributed by atoms with Crippen molar-refractivity contribution < 1.29 is 32.2 Å². The summed E-state index contributed by atoms with van der Waals surface area (Å²) >= 11 is 0. The Balaban J connectivity index is 1.58. The molecule has 200 valence electrons. The van der Waals surface area contributed by atoms with Gasteiger partial charge in [-0.15, -0.1) is 0 Å². The molecule has 1 aliphatic rings. The van der Waals surface area contributed by atoms with Crippen molar-refractivity contribution in [2.75, 3.05) is 6.61 Å². The van der Waals surface area contributed by atoms with Gasteiger partial charge >= 0.3 is 12.1 Å². The third kappa shape index (κ3) is 5.09. The highest BCUT2D eigenvalue weighted by Gasteiger charge is 2.48. The summed E-state index contributed by atoms with van der Waals surface area (Å²) < 4.78 is 55.4. The molecule has 0 bridgehead atoms. The predicted molar refractivity (Wildman–Crippen MR) is 136 cm³/mol. The second-order valence-electron chi connectivity index (χ2n) is 9.18. The molecule has 39 heavy (non-hydrogen) atoms. The topological polar surface area (TPSA) is 86.6 Å². The van der Waals surface area contributed by atoms with Gasteiger partial charge in [0.1, 0.15) is 29.6 Å². The summed E-state index contributed by atoms with van der Waals surface area (Å²) in [5.41, 5.74) is -1.64. The molecule has 1 amide bonds. The van der Waals surface area contributed by atoms with E-state index in [1.807, 2.05) is 6.07 Å². The molecule has 1 fully saturated rings. The first-order chi connectivity index (χ1) is 18.7. The fourth-order valence-corrected chi connectivity index (χ4v) is 4.48. The molecule has 1 aliphatic carbocycles. The number of amides is 1. The molecular weight excluding hydrogens is 513 g/mol. The summed E-state index contributed by atoms with van der Waals surface area (Å²) in [5, 5.41) is 2.50. The van der Waals surface area contributed by atoms with Crippen molar-refractivity contribution >= 4 is 23.0 Å². The third-order valence-electron chi connectivity index (χ3n) is 6.58. The maximum Gasteiger partial charge on any atom is 0.408 e. The number of nitrogens with one attached hydrogen (secondary N) is 1. The van der Waals surface area contributed by atoms with Crippen LogP contribution in [0.1, 0.15) is 41.3 Å². The Kier molecular flexibility index (Phi) is 6.86. The summed E-state index contributed by atoms with van der Waals surface area (Å²) in [7, 11) is 0. The summed E-state index contributed by atoms with van der Waals surface area (Å²) in [5.74, 6) is -3.56. The maximum absolute atomic E-state index is 15.5. The molecule has 0 aliphatic heterocycles. The molecule has 7 nitrogen and oxygen atoms in total. The standard InChI is InChI=1S/C29H23F3N2O5/c1-2-38-27(36)20-15-34(24-9-8-18(30)12-23(24)32)25-14-21(22(31)13-19(25)26(20)35)29(10-11-29)33-28(37)39-16-17-6-4-3-5-7-17/h3-9,12-15H,2,10-11,16H2,1H3,(H,33,37). The van der Waals surface area contributed by atoms with Gasteiger partial charge in [-0.2, -0.15) is 0 Å². The van der Waals surface area contributed by atoms with Gasteiger partial charge in [-0.05, 0) is 49.6 Å². The van der Waals surface area contributed by atoms with Gasteiger partial charge < -0.3 is 19.4 Å². The Hall–Kier alpha value is -4.60. The molecule has 0 radical (unpaired) electrons. The second kappa shape index (κ2) is 10.3. The molecule has 0 atom stereocenters. The Labute approximate surface area is 220 Å². The first-order valence-electron chi connectivity index (χ1n) is 12.2. The monoisotopic (exact) mass is 536 g/mol. The second-order valence-corrected chi connectivity index (χ2v) is 9.18. The lowest BCUT2D eigenvalue weighted by atomic mass is 10.00. The van der Waals surface area contributed by atoms with Crippen LogP contribution in [0.25, 0.3) is 16.6 Å². The van der Waals surface area contributed by atoms with E-state index in [0.29, 0.717) is 18.9 Å². The van der Waals surface area contributed by atoms with Gasteiger partial charge in [-0.1, -0.05) is 30.3 Å². The summed E-state index contributed by atoms with van der Waals surface area (Å²) in [6.45, 7) is 1.54.